The maximum Gasteiger partial charge on any atom is 0.0573 e. The molecule has 244 valence electrons. The summed E-state index contributed by atoms with van der Waals surface area (Å²) in [6.45, 7) is 10.8. The van der Waals surface area contributed by atoms with E-state index >= 15 is 0 Å². The van der Waals surface area contributed by atoms with E-state index in [-0.39, 0.29) is 12.0 Å². The van der Waals surface area contributed by atoms with E-state index in [0.717, 1.165) is 24.8 Å². The van der Waals surface area contributed by atoms with E-state index in [9.17, 15) is 0 Å². The number of rotatable bonds is 9. The molecule has 1 aliphatic heterocycles. The smallest absolute Gasteiger partial charge is 0.0573 e. The van der Waals surface area contributed by atoms with Crippen LogP contribution in [0.2, 0.25) is 0 Å². The van der Waals surface area contributed by atoms with E-state index in [0.29, 0.717) is 17.8 Å². The molecule has 2 heteroatoms. The number of benzene rings is 5. The van der Waals surface area contributed by atoms with Gasteiger partial charge in [-0.3, -0.25) is 4.99 Å². The fraction of sp³-hybridized carbons (Fsp3) is 0.234. The fourth-order valence-corrected chi connectivity index (χ4v) is 8.61. The lowest BCUT2D eigenvalue weighted by Crippen LogP contribution is -2.35. The monoisotopic (exact) mass is 638 g/mol. The van der Waals surface area contributed by atoms with Gasteiger partial charge < -0.3 is 5.41 Å². The highest BCUT2D eigenvalue weighted by atomic mass is 14.8. The highest BCUT2D eigenvalue weighted by Crippen LogP contribution is 2.49. The predicted molar refractivity (Wildman–Crippen MR) is 213 cm³/mol. The van der Waals surface area contributed by atoms with Crippen LogP contribution in [0, 0.1) is 23.2 Å². The standard InChI is InChI=1S/C47H46N2/c1-5-13-40(38-18-12-19-39(31(38)4)45-30-36(25-27-49-45)33(7-3)24-26-48)47-43-16-10-8-14-41(43)46(42-15-9-11-17-44(42)47)37-23-22-34-28-32(6-2)20-21-35(34)29-37/h5,7-18,20-29,31,38-40,45,48H,3,6,19,30H2,1-2,4H3/b13-5-,33-24+,48-26?. The van der Waals surface area contributed by atoms with Crippen molar-refractivity contribution in [1.29, 1.82) is 5.41 Å². The summed E-state index contributed by atoms with van der Waals surface area (Å²) < 4.78 is 0. The summed E-state index contributed by atoms with van der Waals surface area (Å²) in [6, 6.07) is 32.2. The van der Waals surface area contributed by atoms with E-state index in [4.69, 9.17) is 10.4 Å². The van der Waals surface area contributed by atoms with Crippen molar-refractivity contribution in [3.63, 3.8) is 0 Å². The lowest BCUT2D eigenvalue weighted by atomic mass is 9.65. The van der Waals surface area contributed by atoms with Gasteiger partial charge in [-0.15, -0.1) is 0 Å². The van der Waals surface area contributed by atoms with Crippen molar-refractivity contribution in [1.82, 2.24) is 0 Å². The number of aryl methyl sites for hydroxylation is 1. The van der Waals surface area contributed by atoms with Gasteiger partial charge in [0.25, 0.3) is 0 Å². The summed E-state index contributed by atoms with van der Waals surface area (Å²) in [7, 11) is 0. The van der Waals surface area contributed by atoms with Crippen molar-refractivity contribution in [2.24, 2.45) is 22.7 Å². The van der Waals surface area contributed by atoms with Crippen LogP contribution in [-0.4, -0.2) is 18.5 Å². The second-order valence-corrected chi connectivity index (χ2v) is 13.7. The molecule has 0 amide bonds. The minimum Gasteiger partial charge on any atom is -0.309 e. The average molecular weight is 639 g/mol. The molecule has 5 unspecified atom stereocenters. The highest BCUT2D eigenvalue weighted by Gasteiger charge is 2.38. The van der Waals surface area contributed by atoms with Crippen LogP contribution in [0.4, 0.5) is 0 Å². The predicted octanol–water partition coefficient (Wildman–Crippen LogP) is 12.4. The molecule has 2 nitrogen and oxygen atoms in total. The SMILES string of the molecule is C=C/C(=C\C=N)C1=CC=NC(C2CC=CC(C(/C=C\C)c3c4ccccc4c(-c4ccc5cc(CC)ccc5c4)c4ccccc34)C2C)C1. The molecular weight excluding hydrogens is 593 g/mol. The van der Waals surface area contributed by atoms with Crippen molar-refractivity contribution in [3.8, 4) is 11.1 Å². The van der Waals surface area contributed by atoms with Crippen LogP contribution in [0.15, 0.2) is 150 Å². The van der Waals surface area contributed by atoms with Gasteiger partial charge in [-0.2, -0.15) is 0 Å². The molecule has 1 heterocycles. The van der Waals surface area contributed by atoms with Crippen LogP contribution in [0.1, 0.15) is 50.7 Å². The van der Waals surface area contributed by atoms with E-state index < -0.39 is 0 Å². The Morgan fingerprint density at radius 1 is 0.939 bits per heavy atom. The van der Waals surface area contributed by atoms with Gasteiger partial charge in [-0.1, -0.05) is 130 Å². The first-order chi connectivity index (χ1) is 24.1. The molecule has 0 fully saturated rings. The maximum atomic E-state index is 7.62. The fourth-order valence-electron chi connectivity index (χ4n) is 8.61. The van der Waals surface area contributed by atoms with Crippen LogP contribution in [0.5, 0.6) is 0 Å². The molecule has 1 N–H and O–H groups in total. The van der Waals surface area contributed by atoms with E-state index in [1.165, 1.54) is 66.4 Å². The van der Waals surface area contributed by atoms with Gasteiger partial charge in [0.05, 0.1) is 6.04 Å². The summed E-state index contributed by atoms with van der Waals surface area (Å²) in [5.74, 6) is 1.35. The molecule has 0 saturated heterocycles. The summed E-state index contributed by atoms with van der Waals surface area (Å²) in [4.78, 5) is 5.05. The highest BCUT2D eigenvalue weighted by molar-refractivity contribution is 6.16. The first-order valence-corrected chi connectivity index (χ1v) is 17.9. The molecule has 5 aromatic carbocycles. The molecule has 49 heavy (non-hydrogen) atoms. The van der Waals surface area contributed by atoms with Crippen LogP contribution in [0.25, 0.3) is 43.4 Å². The van der Waals surface area contributed by atoms with E-state index in [1.54, 1.807) is 0 Å². The first-order valence-electron chi connectivity index (χ1n) is 17.9. The number of aliphatic imine (C=N–C) groups is 1. The van der Waals surface area contributed by atoms with Crippen molar-refractivity contribution < 1.29 is 0 Å². The van der Waals surface area contributed by atoms with Crippen LogP contribution >= 0.6 is 0 Å². The third-order valence-electron chi connectivity index (χ3n) is 11.1. The van der Waals surface area contributed by atoms with Crippen LogP contribution in [0.3, 0.4) is 0 Å². The van der Waals surface area contributed by atoms with Crippen molar-refractivity contribution in [3.05, 3.63) is 156 Å². The third-order valence-corrected chi connectivity index (χ3v) is 11.1. The van der Waals surface area contributed by atoms with Gasteiger partial charge in [-0.25, -0.2) is 0 Å². The first kappa shape index (κ1) is 32.5. The second-order valence-electron chi connectivity index (χ2n) is 13.7. The molecule has 1 aliphatic carbocycles. The van der Waals surface area contributed by atoms with Crippen molar-refractivity contribution in [2.45, 2.75) is 52.0 Å². The molecular formula is C47H46N2. The van der Waals surface area contributed by atoms with Gasteiger partial charge in [0, 0.05) is 18.3 Å². The van der Waals surface area contributed by atoms with E-state index in [2.05, 4.69) is 143 Å². The lowest BCUT2D eigenvalue weighted by molar-refractivity contribution is 0.220. The molecule has 0 spiro atoms. The molecule has 7 rings (SSSR count). The Balaban J connectivity index is 1.34. The normalized spacial score (nSPS) is 21.8. The maximum absolute atomic E-state index is 7.62. The molecule has 0 aromatic heterocycles. The molecule has 0 radical (unpaired) electrons. The number of allylic oxidation sites excluding steroid dienone is 8. The largest absolute Gasteiger partial charge is 0.309 e. The lowest BCUT2D eigenvalue weighted by Gasteiger charge is -2.40. The van der Waals surface area contributed by atoms with Crippen molar-refractivity contribution >= 4 is 44.7 Å². The minimum atomic E-state index is 0.194. The number of nitrogens with zero attached hydrogens (tertiary/aromatic N) is 1. The zero-order valence-corrected chi connectivity index (χ0v) is 28.9. The van der Waals surface area contributed by atoms with Crippen LogP contribution in [-0.2, 0) is 6.42 Å². The Hall–Kier alpha value is -5.08. The molecule has 0 bridgehead atoms. The summed E-state index contributed by atoms with van der Waals surface area (Å²) in [6.07, 6.45) is 21.7. The Bertz CT molecular complexity index is 2150. The zero-order valence-electron chi connectivity index (χ0n) is 28.9. The minimum absolute atomic E-state index is 0.194. The third kappa shape index (κ3) is 6.06. The molecule has 5 aromatic rings. The Kier molecular flexibility index (Phi) is 9.40. The number of nitrogens with one attached hydrogen (secondary N) is 1. The zero-order chi connectivity index (χ0) is 33.9. The Morgan fingerprint density at radius 2 is 1.63 bits per heavy atom. The average Bonchev–Trinajstić information content (AvgIpc) is 3.15. The van der Waals surface area contributed by atoms with Gasteiger partial charge >= 0.3 is 0 Å². The molecule has 2 aliphatic rings. The number of hydrogen-bond acceptors (Lipinski definition) is 2. The number of fused-ring (bicyclic) bond motifs is 3. The van der Waals surface area contributed by atoms with Gasteiger partial charge in [-0.05, 0) is 128 Å². The Labute approximate surface area is 291 Å². The number of hydrogen-bond donors (Lipinski definition) is 1. The second kappa shape index (κ2) is 14.2. The van der Waals surface area contributed by atoms with Gasteiger partial charge in [0.1, 0.15) is 0 Å². The van der Waals surface area contributed by atoms with Crippen LogP contribution < -0.4 is 0 Å². The topological polar surface area (TPSA) is 36.2 Å². The van der Waals surface area contributed by atoms with E-state index in [1.807, 2.05) is 18.4 Å². The molecule has 0 saturated carbocycles. The molecule has 5 atom stereocenters. The summed E-state index contributed by atoms with van der Waals surface area (Å²) in [5.41, 5.74) is 7.60. The van der Waals surface area contributed by atoms with Gasteiger partial charge in [0.2, 0.25) is 0 Å². The van der Waals surface area contributed by atoms with Crippen molar-refractivity contribution in [2.75, 3.05) is 0 Å². The summed E-state index contributed by atoms with van der Waals surface area (Å²) in [5, 5.41) is 15.5. The van der Waals surface area contributed by atoms with Gasteiger partial charge in [0.15, 0.2) is 0 Å². The number of dihydropyridines is 1. The Morgan fingerprint density at radius 3 is 2.31 bits per heavy atom. The summed E-state index contributed by atoms with van der Waals surface area (Å²) >= 11 is 0. The quantitative estimate of drug-likeness (QED) is 0.0722.